The zero-order valence-corrected chi connectivity index (χ0v) is 9.79. The predicted octanol–water partition coefficient (Wildman–Crippen LogP) is 0.187. The summed E-state index contributed by atoms with van der Waals surface area (Å²) in [6, 6.07) is 8.08. The van der Waals surface area contributed by atoms with Gasteiger partial charge in [0.05, 0.1) is 7.11 Å². The van der Waals surface area contributed by atoms with Crippen LogP contribution in [0, 0.1) is 0 Å². The number of hydrogen-bond acceptors (Lipinski definition) is 3. The molecule has 1 aromatic carbocycles. The van der Waals surface area contributed by atoms with E-state index in [1.165, 1.54) is 7.11 Å². The zero-order chi connectivity index (χ0) is 14.3. The van der Waals surface area contributed by atoms with Gasteiger partial charge in [0.15, 0.2) is 1.37 Å². The Morgan fingerprint density at radius 1 is 1.56 bits per heavy atom. The number of benzene rings is 1. The van der Waals surface area contributed by atoms with Gasteiger partial charge in [-0.15, -0.1) is 0 Å². The first kappa shape index (κ1) is 12.0. The molecular weight excluding hydrogens is 234 g/mol. The molecule has 0 heterocycles. The van der Waals surface area contributed by atoms with Crippen molar-refractivity contribution >= 4 is 18.1 Å². The molecule has 1 amide bonds. The Bertz CT molecular complexity index is 512. The smallest absolute Gasteiger partial charge is 0.344 e. The number of carbonyl (C=O) groups excluding carboxylic acids is 2. The lowest BCUT2D eigenvalue weighted by atomic mass is 10.1. The summed E-state index contributed by atoms with van der Waals surface area (Å²) in [6.45, 7) is 0. The van der Waals surface area contributed by atoms with Crippen LogP contribution in [0.4, 0.5) is 0 Å². The van der Waals surface area contributed by atoms with Crippen molar-refractivity contribution in [1.82, 2.24) is 5.32 Å². The summed E-state index contributed by atoms with van der Waals surface area (Å²) in [5.41, 5.74) is 9.15. The van der Waals surface area contributed by atoms with Gasteiger partial charge in [-0.3, -0.25) is 4.79 Å². The van der Waals surface area contributed by atoms with Gasteiger partial charge in [0, 0.05) is 6.42 Å². The number of nitrogens with zero attached hydrogens (tertiary/aromatic N) is 2. The Balaban J connectivity index is 2.81. The predicted molar refractivity (Wildman–Crippen MR) is 63.8 cm³/mol. The van der Waals surface area contributed by atoms with Crippen LogP contribution in [0.25, 0.3) is 5.53 Å². The molecule has 1 rings (SSSR count). The van der Waals surface area contributed by atoms with Crippen LogP contribution in [0.15, 0.2) is 30.3 Å². The van der Waals surface area contributed by atoms with Crippen LogP contribution < -0.4 is 5.32 Å². The molecule has 0 bridgehead atoms. The second kappa shape index (κ2) is 6.98. The van der Waals surface area contributed by atoms with Crippen molar-refractivity contribution in [2.45, 2.75) is 12.5 Å². The minimum atomic E-state index is -0.950. The fourth-order valence-electron chi connectivity index (χ4n) is 1.42. The number of ether oxygens (including phenoxy) is 1. The Kier molecular flexibility index (Phi) is 4.66. The maximum absolute atomic E-state index is 11.6. The highest BCUT2D eigenvalue weighted by molar-refractivity contribution is 6.24. The molecule has 1 N–H and O–H groups in total. The molecule has 0 saturated heterocycles. The van der Waals surface area contributed by atoms with Crippen molar-refractivity contribution in [3.8, 4) is 0 Å². The molecular formula is C12H13N3O3. The minimum Gasteiger partial charge on any atom is -0.467 e. The lowest BCUT2D eigenvalue weighted by Crippen LogP contribution is -2.43. The third-order valence-electron chi connectivity index (χ3n) is 2.23. The lowest BCUT2D eigenvalue weighted by Gasteiger charge is -2.14. The third-order valence-corrected chi connectivity index (χ3v) is 2.23. The van der Waals surface area contributed by atoms with Gasteiger partial charge in [0.2, 0.25) is 0 Å². The molecule has 0 saturated carbocycles. The highest BCUT2D eigenvalue weighted by Crippen LogP contribution is 2.04. The van der Waals surface area contributed by atoms with Gasteiger partial charge >= 0.3 is 18.1 Å². The number of amides is 1. The summed E-state index contributed by atoms with van der Waals surface area (Å²) in [7, 11) is 1.20. The number of methoxy groups -OCH3 is 1. The van der Waals surface area contributed by atoms with E-state index < -0.39 is 24.1 Å². The molecule has 94 valence electrons. The fraction of sp³-hybridized carbons (Fsp3) is 0.250. The highest BCUT2D eigenvalue weighted by atomic mass is 16.5. The number of carbonyl (C=O) groups is 2. The van der Waals surface area contributed by atoms with E-state index in [-0.39, 0.29) is 6.42 Å². The van der Waals surface area contributed by atoms with E-state index in [0.29, 0.717) is 0 Å². The van der Waals surface area contributed by atoms with E-state index in [9.17, 15) is 9.59 Å². The Morgan fingerprint density at radius 3 is 2.78 bits per heavy atom. The Hall–Kier alpha value is -2.46. The third kappa shape index (κ3) is 4.19. The van der Waals surface area contributed by atoms with Crippen molar-refractivity contribution in [1.29, 1.82) is 0 Å². The average molecular weight is 248 g/mol. The SMILES string of the molecule is [2H]C(=[N+]=[N-])C(=O)NC(Cc1ccccc1)C(=O)OC. The van der Waals surface area contributed by atoms with Gasteiger partial charge in [0.25, 0.3) is 0 Å². The second-order valence-corrected chi connectivity index (χ2v) is 3.45. The zero-order valence-electron chi connectivity index (χ0n) is 10.8. The van der Waals surface area contributed by atoms with E-state index in [4.69, 9.17) is 6.90 Å². The molecule has 1 unspecified atom stereocenters. The normalized spacial score (nSPS) is 11.7. The first-order chi connectivity index (χ1) is 9.08. The van der Waals surface area contributed by atoms with Gasteiger partial charge in [-0.2, -0.15) is 4.79 Å². The molecule has 18 heavy (non-hydrogen) atoms. The summed E-state index contributed by atoms with van der Waals surface area (Å²) in [6.07, 6.45) is -0.653. The van der Waals surface area contributed by atoms with Crippen molar-refractivity contribution in [3.63, 3.8) is 0 Å². The summed E-state index contributed by atoms with van der Waals surface area (Å²) in [5, 5.41) is 2.28. The Morgan fingerprint density at radius 2 is 2.22 bits per heavy atom. The van der Waals surface area contributed by atoms with Gasteiger partial charge in [-0.05, 0) is 5.56 Å². The summed E-state index contributed by atoms with van der Waals surface area (Å²) < 4.78 is 11.6. The molecule has 0 radical (unpaired) electrons. The van der Waals surface area contributed by atoms with E-state index in [2.05, 4.69) is 14.8 Å². The first-order valence-electron chi connectivity index (χ1n) is 5.69. The van der Waals surface area contributed by atoms with E-state index in [1.807, 2.05) is 6.07 Å². The van der Waals surface area contributed by atoms with Crippen molar-refractivity contribution in [2.75, 3.05) is 7.11 Å². The molecule has 0 fully saturated rings. The van der Waals surface area contributed by atoms with Crippen molar-refractivity contribution in [3.05, 3.63) is 41.4 Å². The minimum absolute atomic E-state index is 0.220. The number of hydrogen-bond donors (Lipinski definition) is 1. The topological polar surface area (TPSA) is 91.8 Å². The van der Waals surface area contributed by atoms with Crippen LogP contribution in [0.1, 0.15) is 6.93 Å². The molecule has 6 heteroatoms. The van der Waals surface area contributed by atoms with Gasteiger partial charge in [0.1, 0.15) is 6.04 Å². The summed E-state index contributed by atoms with van der Waals surface area (Å²) >= 11 is 0. The van der Waals surface area contributed by atoms with Gasteiger partial charge in [-0.25, -0.2) is 4.79 Å². The van der Waals surface area contributed by atoms with E-state index in [0.717, 1.165) is 5.56 Å². The molecule has 1 atom stereocenters. The van der Waals surface area contributed by atoms with Crippen LogP contribution in [0.3, 0.4) is 0 Å². The van der Waals surface area contributed by atoms with Crippen LogP contribution in [-0.2, 0) is 20.7 Å². The molecule has 0 aromatic heterocycles. The quantitative estimate of drug-likeness (QED) is 0.349. The molecule has 6 nitrogen and oxygen atoms in total. The number of esters is 1. The average Bonchev–Trinajstić information content (AvgIpc) is 2.45. The van der Waals surface area contributed by atoms with Gasteiger partial charge in [-0.1, -0.05) is 30.3 Å². The maximum atomic E-state index is 11.6. The van der Waals surface area contributed by atoms with Crippen molar-refractivity contribution in [2.24, 2.45) is 0 Å². The summed E-state index contributed by atoms with van der Waals surface area (Å²) in [5.74, 6) is -1.59. The standard InChI is InChI=1S/C12H13N3O3/c1-18-12(17)10(15-11(16)8-14-13)7-9-5-3-2-4-6-9/h2-6,8,10H,7H2,1H3,(H,15,16)/i8D. The molecule has 0 spiro atoms. The first-order valence-corrected chi connectivity index (χ1v) is 5.19. The second-order valence-electron chi connectivity index (χ2n) is 3.45. The molecule has 0 aliphatic heterocycles. The van der Waals surface area contributed by atoms with E-state index in [1.54, 1.807) is 24.3 Å². The van der Waals surface area contributed by atoms with Crippen molar-refractivity contribution < 1.29 is 20.5 Å². The number of rotatable bonds is 5. The van der Waals surface area contributed by atoms with Gasteiger partial charge < -0.3 is 15.6 Å². The lowest BCUT2D eigenvalue weighted by molar-refractivity contribution is -0.144. The Labute approximate surface area is 106 Å². The molecule has 0 aliphatic carbocycles. The van der Waals surface area contributed by atoms with Crippen LogP contribution in [0.5, 0.6) is 0 Å². The van der Waals surface area contributed by atoms with Crippen LogP contribution >= 0.6 is 0 Å². The molecule has 0 aliphatic rings. The van der Waals surface area contributed by atoms with E-state index >= 15 is 0 Å². The largest absolute Gasteiger partial charge is 0.467 e. The molecule has 1 aromatic rings. The monoisotopic (exact) mass is 248 g/mol. The summed E-state index contributed by atoms with van der Waals surface area (Å²) in [4.78, 5) is 25.4. The maximum Gasteiger partial charge on any atom is 0.344 e. The van der Waals surface area contributed by atoms with Crippen LogP contribution in [0.2, 0.25) is 0 Å². The highest BCUT2D eigenvalue weighted by Gasteiger charge is 2.22. The fourth-order valence-corrected chi connectivity index (χ4v) is 1.42. The van der Waals surface area contributed by atoms with Crippen LogP contribution in [-0.4, -0.2) is 36.0 Å². The number of nitrogens with one attached hydrogen (secondary N) is 1.